The molecule has 0 fully saturated rings. The first-order valence-corrected chi connectivity index (χ1v) is 15.0. The van der Waals surface area contributed by atoms with Crippen LogP contribution in [0.4, 0.5) is 0 Å². The van der Waals surface area contributed by atoms with Gasteiger partial charge >= 0.3 is 0 Å². The molecule has 2 aliphatic carbocycles. The van der Waals surface area contributed by atoms with Crippen LogP contribution in [0.2, 0.25) is 0 Å². The number of aromatic nitrogens is 1. The van der Waals surface area contributed by atoms with E-state index in [-0.39, 0.29) is 0 Å². The van der Waals surface area contributed by atoms with Crippen LogP contribution in [-0.4, -0.2) is 4.57 Å². The number of allylic oxidation sites excluding steroid dienone is 11. The zero-order valence-corrected chi connectivity index (χ0v) is 24.1. The van der Waals surface area contributed by atoms with Crippen molar-refractivity contribution in [2.75, 3.05) is 0 Å². The maximum atomic E-state index is 4.00. The van der Waals surface area contributed by atoms with Gasteiger partial charge in [0.1, 0.15) is 0 Å². The molecular weight excluding hydrogens is 506 g/mol. The SMILES string of the molecule is C=C/C=C(\CC1C(C)=CC=C1c1ccc(-c2ccc3c(c2)c2ccccc2n3-c2ccccc2)cc1)C1=CC=CCC1. The van der Waals surface area contributed by atoms with Gasteiger partial charge in [0, 0.05) is 22.4 Å². The number of hydrogen-bond acceptors (Lipinski definition) is 0. The molecule has 42 heavy (non-hydrogen) atoms. The highest BCUT2D eigenvalue weighted by molar-refractivity contribution is 6.10. The number of benzene rings is 4. The third-order valence-corrected chi connectivity index (χ3v) is 8.86. The van der Waals surface area contributed by atoms with Crippen LogP contribution in [0.25, 0.3) is 44.2 Å². The van der Waals surface area contributed by atoms with Crippen molar-refractivity contribution in [1.82, 2.24) is 4.57 Å². The van der Waals surface area contributed by atoms with Crippen molar-refractivity contribution in [3.05, 3.63) is 168 Å². The fourth-order valence-electron chi connectivity index (χ4n) is 6.67. The van der Waals surface area contributed by atoms with Gasteiger partial charge in [-0.3, -0.25) is 0 Å². The number of fused-ring (bicyclic) bond motifs is 3. The first-order valence-electron chi connectivity index (χ1n) is 15.0. The maximum Gasteiger partial charge on any atom is 0.0541 e. The van der Waals surface area contributed by atoms with Crippen LogP contribution in [0.1, 0.15) is 31.7 Å². The Kier molecular flexibility index (Phi) is 6.93. The molecule has 0 bridgehead atoms. The van der Waals surface area contributed by atoms with Gasteiger partial charge in [0.05, 0.1) is 11.0 Å². The number of rotatable bonds is 7. The van der Waals surface area contributed by atoms with E-state index in [1.165, 1.54) is 66.5 Å². The summed E-state index contributed by atoms with van der Waals surface area (Å²) in [6.45, 7) is 6.27. The molecule has 2 aliphatic rings. The Balaban J connectivity index is 1.20. The molecule has 1 heterocycles. The Labute approximate surface area is 248 Å². The van der Waals surface area contributed by atoms with E-state index in [0.29, 0.717) is 5.92 Å². The fourth-order valence-corrected chi connectivity index (χ4v) is 6.67. The van der Waals surface area contributed by atoms with Gasteiger partial charge in [0.2, 0.25) is 0 Å². The van der Waals surface area contributed by atoms with Crippen molar-refractivity contribution < 1.29 is 0 Å². The largest absolute Gasteiger partial charge is 0.309 e. The van der Waals surface area contributed by atoms with Crippen molar-refractivity contribution >= 4 is 27.4 Å². The zero-order chi connectivity index (χ0) is 28.5. The average molecular weight is 542 g/mol. The van der Waals surface area contributed by atoms with E-state index in [1.54, 1.807) is 0 Å². The summed E-state index contributed by atoms with van der Waals surface area (Å²) in [7, 11) is 0. The van der Waals surface area contributed by atoms with Crippen LogP contribution in [0.15, 0.2) is 163 Å². The summed E-state index contributed by atoms with van der Waals surface area (Å²) in [5.41, 5.74) is 13.1. The van der Waals surface area contributed by atoms with E-state index in [9.17, 15) is 0 Å². The lowest BCUT2D eigenvalue weighted by molar-refractivity contribution is 0.767. The zero-order valence-electron chi connectivity index (χ0n) is 24.1. The molecule has 1 atom stereocenters. The van der Waals surface area contributed by atoms with E-state index in [1.807, 2.05) is 6.08 Å². The topological polar surface area (TPSA) is 4.93 Å². The summed E-state index contributed by atoms with van der Waals surface area (Å²) in [6, 6.07) is 35.4. The molecule has 0 aliphatic heterocycles. The Hall–Kier alpha value is -4.88. The molecular formula is C41H35N. The quantitative estimate of drug-likeness (QED) is 0.181. The van der Waals surface area contributed by atoms with E-state index in [2.05, 4.69) is 152 Å². The Morgan fingerprint density at radius 3 is 2.31 bits per heavy atom. The number of hydrogen-bond donors (Lipinski definition) is 0. The highest BCUT2D eigenvalue weighted by Crippen LogP contribution is 2.41. The van der Waals surface area contributed by atoms with Crippen molar-refractivity contribution in [2.45, 2.75) is 26.2 Å². The third-order valence-electron chi connectivity index (χ3n) is 8.86. The minimum atomic E-state index is 0.384. The molecule has 0 saturated carbocycles. The van der Waals surface area contributed by atoms with Gasteiger partial charge in [-0.25, -0.2) is 0 Å². The number of para-hydroxylation sites is 2. The minimum absolute atomic E-state index is 0.384. The molecule has 0 radical (unpaired) electrons. The summed E-state index contributed by atoms with van der Waals surface area (Å²) in [5, 5.41) is 2.56. The fraction of sp³-hybridized carbons (Fsp3) is 0.122. The van der Waals surface area contributed by atoms with Crippen molar-refractivity contribution in [2.24, 2.45) is 5.92 Å². The number of nitrogens with zero attached hydrogens (tertiary/aromatic N) is 1. The Morgan fingerprint density at radius 1 is 0.786 bits per heavy atom. The molecule has 7 rings (SSSR count). The van der Waals surface area contributed by atoms with Gasteiger partial charge in [0.15, 0.2) is 0 Å². The molecule has 1 unspecified atom stereocenters. The molecule has 204 valence electrons. The van der Waals surface area contributed by atoms with Gasteiger partial charge in [-0.05, 0) is 89.9 Å². The summed E-state index contributed by atoms with van der Waals surface area (Å²) >= 11 is 0. The van der Waals surface area contributed by atoms with Gasteiger partial charge in [-0.2, -0.15) is 0 Å². The van der Waals surface area contributed by atoms with Gasteiger partial charge in [0.25, 0.3) is 0 Å². The predicted octanol–water partition coefficient (Wildman–Crippen LogP) is 11.2. The van der Waals surface area contributed by atoms with Crippen LogP contribution in [0, 0.1) is 5.92 Å². The molecule has 5 aromatic rings. The maximum absolute atomic E-state index is 4.00. The Morgan fingerprint density at radius 2 is 1.52 bits per heavy atom. The normalized spacial score (nSPS) is 16.9. The van der Waals surface area contributed by atoms with Crippen molar-refractivity contribution in [3.63, 3.8) is 0 Å². The third kappa shape index (κ3) is 4.72. The van der Waals surface area contributed by atoms with Crippen LogP contribution < -0.4 is 0 Å². The van der Waals surface area contributed by atoms with E-state index < -0.39 is 0 Å². The van der Waals surface area contributed by atoms with E-state index in [4.69, 9.17) is 0 Å². The lowest BCUT2D eigenvalue weighted by atomic mass is 9.82. The molecule has 0 N–H and O–H groups in total. The molecule has 1 aromatic heterocycles. The Bertz CT molecular complexity index is 1950. The van der Waals surface area contributed by atoms with Crippen LogP contribution in [0.3, 0.4) is 0 Å². The van der Waals surface area contributed by atoms with Gasteiger partial charge in [-0.1, -0.05) is 121 Å². The molecule has 0 saturated heterocycles. The first kappa shape index (κ1) is 26.0. The first-order chi connectivity index (χ1) is 20.7. The molecule has 1 heteroatoms. The lowest BCUT2D eigenvalue weighted by Gasteiger charge is -2.22. The molecule has 0 amide bonds. The van der Waals surface area contributed by atoms with Crippen LogP contribution in [0.5, 0.6) is 0 Å². The minimum Gasteiger partial charge on any atom is -0.309 e. The van der Waals surface area contributed by atoms with E-state index in [0.717, 1.165) is 19.3 Å². The summed E-state index contributed by atoms with van der Waals surface area (Å²) in [6.07, 6.45) is 18.7. The van der Waals surface area contributed by atoms with Crippen LogP contribution in [-0.2, 0) is 0 Å². The van der Waals surface area contributed by atoms with E-state index >= 15 is 0 Å². The smallest absolute Gasteiger partial charge is 0.0541 e. The van der Waals surface area contributed by atoms with Crippen molar-refractivity contribution in [3.8, 4) is 16.8 Å². The summed E-state index contributed by atoms with van der Waals surface area (Å²) < 4.78 is 2.37. The van der Waals surface area contributed by atoms with Crippen LogP contribution >= 0.6 is 0 Å². The molecule has 1 nitrogen and oxygen atoms in total. The second kappa shape index (κ2) is 11.2. The summed E-state index contributed by atoms with van der Waals surface area (Å²) in [5.74, 6) is 0.384. The molecule has 4 aromatic carbocycles. The van der Waals surface area contributed by atoms with Gasteiger partial charge in [-0.15, -0.1) is 0 Å². The monoisotopic (exact) mass is 541 g/mol. The molecule has 0 spiro atoms. The second-order valence-electron chi connectivity index (χ2n) is 11.4. The summed E-state index contributed by atoms with van der Waals surface area (Å²) in [4.78, 5) is 0. The average Bonchev–Trinajstić information content (AvgIpc) is 3.58. The predicted molar refractivity (Wildman–Crippen MR) is 181 cm³/mol. The standard InChI is InChI=1S/C41H35N/c1-3-12-33(30-13-6-4-7-14-30)27-38-29(2)19-25-36(38)32-22-20-31(21-23-32)34-24-26-41-39(28-34)37-17-10-11-18-40(37)42(41)35-15-8-5-9-16-35/h3-6,8-13,15-26,28,38H,1,7,14,27H2,2H3/b33-12+. The second-order valence-corrected chi connectivity index (χ2v) is 11.4. The van der Waals surface area contributed by atoms with Gasteiger partial charge < -0.3 is 4.57 Å². The lowest BCUT2D eigenvalue weighted by Crippen LogP contribution is -2.06. The highest BCUT2D eigenvalue weighted by atomic mass is 15.0. The van der Waals surface area contributed by atoms with Crippen molar-refractivity contribution in [1.29, 1.82) is 0 Å². The highest BCUT2D eigenvalue weighted by Gasteiger charge is 2.24.